The minimum Gasteiger partial charge on any atom is -0.392 e. The van der Waals surface area contributed by atoms with Gasteiger partial charge in [0.1, 0.15) is 0 Å². The Balaban J connectivity index is 2.14. The third kappa shape index (κ3) is 2.18. The molecule has 5 heteroatoms. The Morgan fingerprint density at radius 2 is 2.20 bits per heavy atom. The van der Waals surface area contributed by atoms with Crippen molar-refractivity contribution in [3.8, 4) is 0 Å². The van der Waals surface area contributed by atoms with Crippen molar-refractivity contribution in [3.05, 3.63) is 11.7 Å². The van der Waals surface area contributed by atoms with Gasteiger partial charge < -0.3 is 14.9 Å². The third-order valence-corrected chi connectivity index (χ3v) is 2.52. The minimum atomic E-state index is -0.306. The van der Waals surface area contributed by atoms with Crippen LogP contribution in [0.5, 0.6) is 0 Å². The molecule has 2 atom stereocenters. The molecule has 5 nitrogen and oxygen atoms in total. The molecule has 1 aromatic rings. The Bertz CT molecular complexity index is 343. The van der Waals surface area contributed by atoms with E-state index >= 15 is 0 Å². The summed E-state index contributed by atoms with van der Waals surface area (Å²) in [6.45, 7) is 6.72. The van der Waals surface area contributed by atoms with Gasteiger partial charge in [0, 0.05) is 12.0 Å². The quantitative estimate of drug-likeness (QED) is 0.717. The minimum absolute atomic E-state index is 0.00333. The number of nitrogens with one attached hydrogen (secondary N) is 1. The standard InChI is InChI=1S/C10H17N3O2/c1-10(2,3)9-12-8(15-13-9)7-4-6(14)5-11-7/h6-7,11,14H,4-5H2,1-3H3/t6-,7-/m0/s1. The van der Waals surface area contributed by atoms with Crippen molar-refractivity contribution in [2.75, 3.05) is 6.54 Å². The Labute approximate surface area is 88.9 Å². The van der Waals surface area contributed by atoms with Crippen molar-refractivity contribution in [2.45, 2.75) is 44.8 Å². The van der Waals surface area contributed by atoms with Gasteiger partial charge in [0.05, 0.1) is 12.1 Å². The summed E-state index contributed by atoms with van der Waals surface area (Å²) in [5, 5.41) is 16.5. The van der Waals surface area contributed by atoms with Crippen LogP contribution in [0.15, 0.2) is 4.52 Å². The van der Waals surface area contributed by atoms with Gasteiger partial charge in [-0.3, -0.25) is 0 Å². The highest BCUT2D eigenvalue weighted by Gasteiger charge is 2.30. The summed E-state index contributed by atoms with van der Waals surface area (Å²) < 4.78 is 5.19. The van der Waals surface area contributed by atoms with Crippen LogP contribution in [-0.2, 0) is 5.41 Å². The van der Waals surface area contributed by atoms with Crippen molar-refractivity contribution in [2.24, 2.45) is 0 Å². The lowest BCUT2D eigenvalue weighted by atomic mass is 9.96. The van der Waals surface area contributed by atoms with Crippen LogP contribution in [-0.4, -0.2) is 27.9 Å². The predicted molar refractivity (Wildman–Crippen MR) is 54.4 cm³/mol. The van der Waals surface area contributed by atoms with E-state index in [-0.39, 0.29) is 17.6 Å². The molecular weight excluding hydrogens is 194 g/mol. The molecule has 1 aromatic heterocycles. The van der Waals surface area contributed by atoms with Gasteiger partial charge in [-0.15, -0.1) is 0 Å². The third-order valence-electron chi connectivity index (χ3n) is 2.52. The maximum atomic E-state index is 9.38. The molecule has 1 aliphatic heterocycles. The number of rotatable bonds is 1. The van der Waals surface area contributed by atoms with Crippen LogP contribution in [0.4, 0.5) is 0 Å². The van der Waals surface area contributed by atoms with E-state index in [0.717, 1.165) is 0 Å². The summed E-state index contributed by atoms with van der Waals surface area (Å²) in [4.78, 5) is 4.35. The van der Waals surface area contributed by atoms with Gasteiger partial charge in [0.15, 0.2) is 5.82 Å². The van der Waals surface area contributed by atoms with Crippen molar-refractivity contribution in [3.63, 3.8) is 0 Å². The smallest absolute Gasteiger partial charge is 0.243 e. The first-order valence-corrected chi connectivity index (χ1v) is 5.22. The molecule has 84 valence electrons. The Hall–Kier alpha value is -0.940. The molecule has 0 radical (unpaired) electrons. The molecule has 0 unspecified atom stereocenters. The average Bonchev–Trinajstić information content (AvgIpc) is 2.69. The normalized spacial score (nSPS) is 27.2. The highest BCUT2D eigenvalue weighted by Crippen LogP contribution is 2.25. The van der Waals surface area contributed by atoms with Gasteiger partial charge in [0.2, 0.25) is 5.89 Å². The molecule has 0 bridgehead atoms. The summed E-state index contributed by atoms with van der Waals surface area (Å²) in [7, 11) is 0. The Morgan fingerprint density at radius 1 is 1.47 bits per heavy atom. The second kappa shape index (κ2) is 3.57. The highest BCUT2D eigenvalue weighted by molar-refractivity contribution is 5.03. The number of hydrogen-bond acceptors (Lipinski definition) is 5. The van der Waals surface area contributed by atoms with Crippen LogP contribution >= 0.6 is 0 Å². The number of aromatic nitrogens is 2. The molecule has 2 N–H and O–H groups in total. The molecule has 1 fully saturated rings. The van der Waals surface area contributed by atoms with Crippen molar-refractivity contribution < 1.29 is 9.63 Å². The zero-order valence-electron chi connectivity index (χ0n) is 9.32. The van der Waals surface area contributed by atoms with Gasteiger partial charge in [-0.25, -0.2) is 0 Å². The maximum Gasteiger partial charge on any atom is 0.243 e. The fourth-order valence-corrected chi connectivity index (χ4v) is 1.59. The van der Waals surface area contributed by atoms with Gasteiger partial charge >= 0.3 is 0 Å². The van der Waals surface area contributed by atoms with Crippen molar-refractivity contribution >= 4 is 0 Å². The zero-order chi connectivity index (χ0) is 11.1. The van der Waals surface area contributed by atoms with E-state index in [1.807, 2.05) is 20.8 Å². The predicted octanol–water partition coefficient (Wildman–Crippen LogP) is 0.762. The second-order valence-corrected chi connectivity index (χ2v) is 5.06. The fraction of sp³-hybridized carbons (Fsp3) is 0.800. The molecule has 15 heavy (non-hydrogen) atoms. The number of aliphatic hydroxyl groups is 1. The lowest BCUT2D eigenvalue weighted by Gasteiger charge is -2.11. The van der Waals surface area contributed by atoms with Crippen LogP contribution < -0.4 is 5.32 Å². The molecule has 0 aliphatic carbocycles. The molecular formula is C10H17N3O2. The number of nitrogens with zero attached hydrogens (tertiary/aromatic N) is 2. The van der Waals surface area contributed by atoms with Gasteiger partial charge in [-0.1, -0.05) is 25.9 Å². The van der Waals surface area contributed by atoms with Crippen molar-refractivity contribution in [1.82, 2.24) is 15.5 Å². The monoisotopic (exact) mass is 211 g/mol. The largest absolute Gasteiger partial charge is 0.392 e. The van der Waals surface area contributed by atoms with E-state index < -0.39 is 0 Å². The molecule has 2 rings (SSSR count). The first kappa shape index (κ1) is 10.6. The lowest BCUT2D eigenvalue weighted by molar-refractivity contribution is 0.191. The topological polar surface area (TPSA) is 71.2 Å². The maximum absolute atomic E-state index is 9.38. The highest BCUT2D eigenvalue weighted by atomic mass is 16.5. The second-order valence-electron chi connectivity index (χ2n) is 5.06. The van der Waals surface area contributed by atoms with E-state index in [1.54, 1.807) is 0 Å². The first-order chi connectivity index (χ1) is 6.97. The SMILES string of the molecule is CC(C)(C)c1noc([C@@H]2C[C@H](O)CN2)n1. The molecule has 1 saturated heterocycles. The number of aliphatic hydroxyl groups excluding tert-OH is 1. The van der Waals surface area contributed by atoms with Crippen molar-refractivity contribution in [1.29, 1.82) is 0 Å². The van der Waals surface area contributed by atoms with E-state index in [2.05, 4.69) is 15.5 Å². The van der Waals surface area contributed by atoms with Crippen LogP contribution in [0.3, 0.4) is 0 Å². The Morgan fingerprint density at radius 3 is 2.67 bits per heavy atom. The van der Waals surface area contributed by atoms with Gasteiger partial charge in [0.25, 0.3) is 0 Å². The summed E-state index contributed by atoms with van der Waals surface area (Å²) >= 11 is 0. The molecule has 2 heterocycles. The van der Waals surface area contributed by atoms with Gasteiger partial charge in [-0.2, -0.15) is 4.98 Å². The molecule has 0 spiro atoms. The summed E-state index contributed by atoms with van der Waals surface area (Å²) in [5.74, 6) is 1.29. The zero-order valence-corrected chi connectivity index (χ0v) is 9.32. The Kier molecular flexibility index (Phi) is 2.52. The first-order valence-electron chi connectivity index (χ1n) is 5.22. The molecule has 0 amide bonds. The average molecular weight is 211 g/mol. The molecule has 0 saturated carbocycles. The molecule has 1 aliphatic rings. The lowest BCUT2D eigenvalue weighted by Crippen LogP contribution is -2.16. The van der Waals surface area contributed by atoms with E-state index in [9.17, 15) is 5.11 Å². The van der Waals surface area contributed by atoms with Crippen LogP contribution in [0.1, 0.15) is 44.9 Å². The van der Waals surface area contributed by atoms with E-state index in [4.69, 9.17) is 4.52 Å². The van der Waals surface area contributed by atoms with Crippen LogP contribution in [0.2, 0.25) is 0 Å². The number of β-amino-alcohol motifs (C(OH)–C–C–N with tert-alkyl or cyclic N) is 1. The van der Waals surface area contributed by atoms with Crippen LogP contribution in [0, 0.1) is 0 Å². The van der Waals surface area contributed by atoms with Gasteiger partial charge in [-0.05, 0) is 6.42 Å². The van der Waals surface area contributed by atoms with E-state index in [0.29, 0.717) is 24.7 Å². The summed E-state index contributed by atoms with van der Waals surface area (Å²) in [6.07, 6.45) is 0.339. The fourth-order valence-electron chi connectivity index (χ4n) is 1.59. The van der Waals surface area contributed by atoms with E-state index in [1.165, 1.54) is 0 Å². The van der Waals surface area contributed by atoms with Crippen LogP contribution in [0.25, 0.3) is 0 Å². The molecule has 0 aromatic carbocycles. The summed E-state index contributed by atoms with van der Waals surface area (Å²) in [6, 6.07) is 0.00333. The summed E-state index contributed by atoms with van der Waals surface area (Å²) in [5.41, 5.74) is -0.0982. The number of hydrogen-bond donors (Lipinski definition) is 2.